The summed E-state index contributed by atoms with van der Waals surface area (Å²) in [6, 6.07) is 10.1. The summed E-state index contributed by atoms with van der Waals surface area (Å²) in [7, 11) is 0. The molecule has 5 heteroatoms. The van der Waals surface area contributed by atoms with Crippen LogP contribution in [0, 0.1) is 0 Å². The van der Waals surface area contributed by atoms with Gasteiger partial charge in [-0.3, -0.25) is 9.69 Å². The molecule has 2 aliphatic heterocycles. The summed E-state index contributed by atoms with van der Waals surface area (Å²) in [6.07, 6.45) is 0.222. The maximum absolute atomic E-state index is 12.6. The first-order valence-corrected chi connectivity index (χ1v) is 7.74. The number of carbonyl (C=O) groups excluding carboxylic acids is 2. The number of amides is 2. The number of ether oxygens (including phenoxy) is 1. The fourth-order valence-electron chi connectivity index (χ4n) is 3.20. The van der Waals surface area contributed by atoms with E-state index >= 15 is 0 Å². The Labute approximate surface area is 130 Å². The van der Waals surface area contributed by atoms with E-state index in [-0.39, 0.29) is 23.5 Å². The number of nitrogens with zero attached hydrogens (tertiary/aromatic N) is 2. The molecule has 2 heterocycles. The topological polar surface area (TPSA) is 49.9 Å². The molecular weight excluding hydrogens is 280 g/mol. The predicted octanol–water partition coefficient (Wildman–Crippen LogP) is 2.02. The first-order valence-electron chi connectivity index (χ1n) is 7.74. The number of carbonyl (C=O) groups is 2. The molecule has 2 amide bonds. The second-order valence-corrected chi connectivity index (χ2v) is 6.69. The number of fused-ring (bicyclic) bond motifs is 1. The van der Waals surface area contributed by atoms with Crippen molar-refractivity contribution < 1.29 is 14.3 Å². The monoisotopic (exact) mass is 302 g/mol. The number of piperazine rings is 1. The molecule has 1 aromatic carbocycles. The lowest BCUT2D eigenvalue weighted by molar-refractivity contribution is -0.134. The van der Waals surface area contributed by atoms with Crippen molar-refractivity contribution in [3.63, 3.8) is 0 Å². The lowest BCUT2D eigenvalue weighted by Crippen LogP contribution is -2.54. The van der Waals surface area contributed by atoms with Crippen LogP contribution in [-0.4, -0.2) is 54.1 Å². The largest absolute Gasteiger partial charge is 0.447 e. The average molecular weight is 302 g/mol. The van der Waals surface area contributed by atoms with Crippen LogP contribution in [0.3, 0.4) is 0 Å². The lowest BCUT2D eigenvalue weighted by Gasteiger charge is -2.37. The van der Waals surface area contributed by atoms with Crippen molar-refractivity contribution >= 4 is 12.0 Å². The fraction of sp³-hybridized carbons (Fsp3) is 0.529. The summed E-state index contributed by atoms with van der Waals surface area (Å²) in [5, 5.41) is 0. The molecule has 0 bridgehead atoms. The van der Waals surface area contributed by atoms with Crippen LogP contribution in [0.15, 0.2) is 30.3 Å². The molecular formula is C17H22N2O3. The zero-order chi connectivity index (χ0) is 15.7. The summed E-state index contributed by atoms with van der Waals surface area (Å²) in [5.41, 5.74) is 0.971. The Morgan fingerprint density at radius 2 is 2.00 bits per heavy atom. The molecule has 2 aliphatic rings. The van der Waals surface area contributed by atoms with E-state index in [1.54, 1.807) is 4.90 Å². The third-order valence-electron chi connectivity index (χ3n) is 4.62. The number of cyclic esters (lactones) is 1. The Hall–Kier alpha value is -2.04. The minimum Gasteiger partial charge on any atom is -0.447 e. The Morgan fingerprint density at radius 3 is 2.73 bits per heavy atom. The molecule has 0 spiro atoms. The molecule has 1 aromatic rings. The second-order valence-electron chi connectivity index (χ2n) is 6.69. The van der Waals surface area contributed by atoms with E-state index in [2.05, 4.69) is 26.0 Å². The van der Waals surface area contributed by atoms with E-state index in [0.717, 1.165) is 0 Å². The first-order chi connectivity index (χ1) is 10.5. The molecule has 1 unspecified atom stereocenters. The van der Waals surface area contributed by atoms with Crippen molar-refractivity contribution in [3.05, 3.63) is 35.9 Å². The molecule has 118 valence electrons. The van der Waals surface area contributed by atoms with Crippen LogP contribution in [0.2, 0.25) is 0 Å². The van der Waals surface area contributed by atoms with E-state index in [0.29, 0.717) is 32.7 Å². The standard InChI is InChI=1S/C17H22N2O3/c1-17(2,13-6-4-3-5-7-13)10-15(20)18-8-9-19-14(11-18)12-22-16(19)21/h3-7,14H,8-12H2,1-2H3. The molecule has 2 fully saturated rings. The highest BCUT2D eigenvalue weighted by Crippen LogP contribution is 2.28. The molecule has 5 nitrogen and oxygen atoms in total. The molecule has 3 rings (SSSR count). The van der Waals surface area contributed by atoms with Gasteiger partial charge in [-0.1, -0.05) is 44.2 Å². The van der Waals surface area contributed by atoms with Crippen molar-refractivity contribution in [2.24, 2.45) is 0 Å². The van der Waals surface area contributed by atoms with E-state index in [9.17, 15) is 9.59 Å². The highest BCUT2D eigenvalue weighted by Gasteiger charge is 2.39. The van der Waals surface area contributed by atoms with Crippen LogP contribution in [0.4, 0.5) is 4.79 Å². The van der Waals surface area contributed by atoms with Gasteiger partial charge < -0.3 is 9.64 Å². The average Bonchev–Trinajstić information content (AvgIpc) is 2.88. The van der Waals surface area contributed by atoms with Gasteiger partial charge in [-0.25, -0.2) is 4.79 Å². The Morgan fingerprint density at radius 1 is 1.27 bits per heavy atom. The van der Waals surface area contributed by atoms with Gasteiger partial charge in [0.2, 0.25) is 5.91 Å². The van der Waals surface area contributed by atoms with E-state index in [1.807, 2.05) is 23.1 Å². The maximum atomic E-state index is 12.6. The van der Waals surface area contributed by atoms with E-state index < -0.39 is 0 Å². The van der Waals surface area contributed by atoms with Gasteiger partial charge in [-0.2, -0.15) is 0 Å². The molecule has 0 N–H and O–H groups in total. The van der Waals surface area contributed by atoms with Crippen LogP contribution in [0.1, 0.15) is 25.8 Å². The van der Waals surface area contributed by atoms with Gasteiger partial charge in [0, 0.05) is 26.1 Å². The summed E-state index contributed by atoms with van der Waals surface area (Å²) in [4.78, 5) is 27.7. The second kappa shape index (κ2) is 5.63. The summed E-state index contributed by atoms with van der Waals surface area (Å²) < 4.78 is 5.05. The van der Waals surface area contributed by atoms with E-state index in [1.165, 1.54) is 5.56 Å². The van der Waals surface area contributed by atoms with Crippen LogP contribution in [0.5, 0.6) is 0 Å². The fourth-order valence-corrected chi connectivity index (χ4v) is 3.20. The third kappa shape index (κ3) is 2.80. The molecule has 0 saturated carbocycles. The SMILES string of the molecule is CC(C)(CC(=O)N1CCN2C(=O)OCC2C1)c1ccccc1. The van der Waals surface area contributed by atoms with Crippen molar-refractivity contribution in [2.75, 3.05) is 26.2 Å². The van der Waals surface area contributed by atoms with Gasteiger partial charge in [0.15, 0.2) is 0 Å². The molecule has 1 atom stereocenters. The summed E-state index contributed by atoms with van der Waals surface area (Å²) in [6.45, 7) is 6.33. The normalized spacial score (nSPS) is 21.5. The van der Waals surface area contributed by atoms with Crippen molar-refractivity contribution in [2.45, 2.75) is 31.7 Å². The predicted molar refractivity (Wildman–Crippen MR) is 82.5 cm³/mol. The first kappa shape index (κ1) is 14.9. The van der Waals surface area contributed by atoms with Gasteiger partial charge in [0.05, 0.1) is 6.04 Å². The zero-order valence-corrected chi connectivity index (χ0v) is 13.1. The van der Waals surface area contributed by atoms with Gasteiger partial charge in [-0.05, 0) is 11.0 Å². The Balaban J connectivity index is 1.64. The zero-order valence-electron chi connectivity index (χ0n) is 13.1. The van der Waals surface area contributed by atoms with Crippen molar-refractivity contribution in [1.29, 1.82) is 0 Å². The highest BCUT2D eigenvalue weighted by molar-refractivity contribution is 5.78. The molecule has 0 radical (unpaired) electrons. The van der Waals surface area contributed by atoms with Crippen molar-refractivity contribution in [3.8, 4) is 0 Å². The molecule has 0 aromatic heterocycles. The molecule has 2 saturated heterocycles. The van der Waals surface area contributed by atoms with Crippen LogP contribution in [-0.2, 0) is 14.9 Å². The lowest BCUT2D eigenvalue weighted by atomic mass is 9.81. The summed E-state index contributed by atoms with van der Waals surface area (Å²) in [5.74, 6) is 0.146. The third-order valence-corrected chi connectivity index (χ3v) is 4.62. The smallest absolute Gasteiger partial charge is 0.410 e. The van der Waals surface area contributed by atoms with Crippen molar-refractivity contribution in [1.82, 2.24) is 9.80 Å². The Kier molecular flexibility index (Phi) is 3.81. The van der Waals surface area contributed by atoms with Crippen LogP contribution < -0.4 is 0 Å². The number of benzene rings is 1. The summed E-state index contributed by atoms with van der Waals surface area (Å²) >= 11 is 0. The minimum absolute atomic E-state index is 0.0186. The number of rotatable bonds is 3. The van der Waals surface area contributed by atoms with Gasteiger partial charge in [0.25, 0.3) is 0 Å². The van der Waals surface area contributed by atoms with Gasteiger partial charge in [-0.15, -0.1) is 0 Å². The van der Waals surface area contributed by atoms with Gasteiger partial charge >= 0.3 is 6.09 Å². The number of hydrogen-bond donors (Lipinski definition) is 0. The maximum Gasteiger partial charge on any atom is 0.410 e. The highest BCUT2D eigenvalue weighted by atomic mass is 16.6. The molecule has 0 aliphatic carbocycles. The Bertz CT molecular complexity index is 571. The number of hydrogen-bond acceptors (Lipinski definition) is 3. The molecule has 22 heavy (non-hydrogen) atoms. The minimum atomic E-state index is -0.248. The van der Waals surface area contributed by atoms with E-state index in [4.69, 9.17) is 4.74 Å². The van der Waals surface area contributed by atoms with Crippen LogP contribution in [0.25, 0.3) is 0 Å². The van der Waals surface area contributed by atoms with Crippen LogP contribution >= 0.6 is 0 Å². The quantitative estimate of drug-likeness (QED) is 0.858. The van der Waals surface area contributed by atoms with Gasteiger partial charge in [0.1, 0.15) is 6.61 Å².